The SMILES string of the molecule is C=C1CCC2C3C(CC[C@]12C)c1ccc(O)cc1[C@@H](O)C3CCCCCN(C)CCCSCCC(F)(F)C(F)(F)C(F)(F)C(F)(F)F. The van der Waals surface area contributed by atoms with Crippen molar-refractivity contribution in [2.24, 2.45) is 23.2 Å². The summed E-state index contributed by atoms with van der Waals surface area (Å²) < 4.78 is 117. The van der Waals surface area contributed by atoms with E-state index in [2.05, 4.69) is 13.5 Å². The molecule has 0 aliphatic heterocycles. The quantitative estimate of drug-likeness (QED) is 0.108. The van der Waals surface area contributed by atoms with E-state index in [-0.39, 0.29) is 22.8 Å². The molecule has 1 aromatic carbocycles. The van der Waals surface area contributed by atoms with Gasteiger partial charge in [-0.05, 0) is 129 Å². The second-order valence-electron chi connectivity index (χ2n) is 14.0. The van der Waals surface area contributed by atoms with E-state index in [0.29, 0.717) is 30.7 Å². The Morgan fingerprint density at radius 3 is 2.28 bits per heavy atom. The van der Waals surface area contributed by atoms with Crippen LogP contribution in [-0.2, 0) is 0 Å². The summed E-state index contributed by atoms with van der Waals surface area (Å²) in [6, 6.07) is 5.41. The zero-order valence-corrected chi connectivity index (χ0v) is 27.7. The number of fused-ring (bicyclic) bond motifs is 5. The number of aliphatic hydroxyl groups is 1. The van der Waals surface area contributed by atoms with Gasteiger partial charge in [0.25, 0.3) is 0 Å². The van der Waals surface area contributed by atoms with Crippen molar-refractivity contribution in [3.63, 3.8) is 0 Å². The molecule has 3 nitrogen and oxygen atoms in total. The first-order valence-electron chi connectivity index (χ1n) is 16.4. The van der Waals surface area contributed by atoms with Crippen LogP contribution in [0.5, 0.6) is 5.75 Å². The second kappa shape index (κ2) is 14.3. The molecule has 0 bridgehead atoms. The topological polar surface area (TPSA) is 43.7 Å². The number of nitrogens with zero attached hydrogens (tertiary/aromatic N) is 1. The molecule has 0 spiro atoms. The molecule has 4 rings (SSSR count). The highest BCUT2D eigenvalue weighted by atomic mass is 32.2. The molecule has 0 aromatic heterocycles. The average Bonchev–Trinajstić information content (AvgIpc) is 3.29. The minimum Gasteiger partial charge on any atom is -0.508 e. The smallest absolute Gasteiger partial charge is 0.460 e. The predicted octanol–water partition coefficient (Wildman–Crippen LogP) is 10.00. The Kier molecular flexibility index (Phi) is 11.6. The number of phenolic OH excluding ortho intramolecular Hbond substituents is 1. The number of hydrogen-bond donors (Lipinski definition) is 2. The van der Waals surface area contributed by atoms with Gasteiger partial charge in [-0.2, -0.15) is 51.3 Å². The minimum atomic E-state index is -6.84. The van der Waals surface area contributed by atoms with Gasteiger partial charge < -0.3 is 15.1 Å². The van der Waals surface area contributed by atoms with Crippen LogP contribution in [0.2, 0.25) is 0 Å². The fraction of sp³-hybridized carbons (Fsp3) is 0.765. The van der Waals surface area contributed by atoms with Crippen molar-refractivity contribution in [2.45, 2.75) is 107 Å². The number of allylic oxidation sites excluding steroid dienone is 1. The highest BCUT2D eigenvalue weighted by Crippen LogP contribution is 2.65. The average molecular weight is 704 g/mol. The van der Waals surface area contributed by atoms with Crippen molar-refractivity contribution >= 4 is 11.8 Å². The molecule has 2 saturated carbocycles. The lowest BCUT2D eigenvalue weighted by molar-refractivity contribution is -0.396. The van der Waals surface area contributed by atoms with E-state index < -0.39 is 42.2 Å². The lowest BCUT2D eigenvalue weighted by Crippen LogP contribution is -2.60. The van der Waals surface area contributed by atoms with E-state index in [0.717, 1.165) is 80.8 Å². The summed E-state index contributed by atoms with van der Waals surface area (Å²) in [4.78, 5) is 2.04. The summed E-state index contributed by atoms with van der Waals surface area (Å²) in [5.74, 6) is -18.0. The number of thioether (sulfide) groups is 1. The molecule has 0 radical (unpaired) electrons. The Bertz CT molecular complexity index is 1240. The van der Waals surface area contributed by atoms with Gasteiger partial charge in [0.15, 0.2) is 0 Å². The van der Waals surface area contributed by atoms with Crippen LogP contribution < -0.4 is 0 Å². The van der Waals surface area contributed by atoms with Gasteiger partial charge in [0.2, 0.25) is 0 Å². The third kappa shape index (κ3) is 7.47. The number of rotatable bonds is 15. The maximum atomic E-state index is 13.7. The van der Waals surface area contributed by atoms with Crippen LogP contribution in [0, 0.1) is 23.2 Å². The van der Waals surface area contributed by atoms with Gasteiger partial charge in [-0.15, -0.1) is 0 Å². The van der Waals surface area contributed by atoms with Gasteiger partial charge in [-0.25, -0.2) is 0 Å². The lowest BCUT2D eigenvalue weighted by Gasteiger charge is -2.54. The number of phenols is 1. The van der Waals surface area contributed by atoms with Crippen LogP contribution in [0.4, 0.5) is 39.5 Å². The van der Waals surface area contributed by atoms with Crippen molar-refractivity contribution in [3.05, 3.63) is 41.5 Å². The monoisotopic (exact) mass is 703 g/mol. The summed E-state index contributed by atoms with van der Waals surface area (Å²) in [7, 11) is 1.88. The molecule has 2 N–H and O–H groups in total. The number of benzene rings is 1. The molecule has 0 amide bonds. The van der Waals surface area contributed by atoms with Crippen LogP contribution >= 0.6 is 11.8 Å². The first kappa shape index (κ1) is 38.2. The van der Waals surface area contributed by atoms with E-state index in [4.69, 9.17) is 0 Å². The Hall–Kier alpha value is -1.60. The van der Waals surface area contributed by atoms with Crippen LogP contribution in [0.1, 0.15) is 94.3 Å². The molecule has 0 heterocycles. The first-order valence-corrected chi connectivity index (χ1v) is 17.6. The van der Waals surface area contributed by atoms with Crippen molar-refractivity contribution < 1.29 is 49.7 Å². The number of halogens is 9. The zero-order valence-electron chi connectivity index (χ0n) is 26.9. The van der Waals surface area contributed by atoms with Crippen molar-refractivity contribution in [1.29, 1.82) is 0 Å². The first-order chi connectivity index (χ1) is 21.8. The summed E-state index contributed by atoms with van der Waals surface area (Å²) in [6.07, 6.45) is -0.963. The van der Waals surface area contributed by atoms with Gasteiger partial charge in [-0.1, -0.05) is 38.0 Å². The van der Waals surface area contributed by atoms with Gasteiger partial charge in [-0.3, -0.25) is 0 Å². The maximum absolute atomic E-state index is 13.7. The number of alkyl halides is 9. The normalized spacial score (nSPS) is 28.4. The molecule has 2 fully saturated rings. The standard InChI is InChI=1S/C34H46F9NO2S/c1-21-9-12-27-28-24(13-14-30(21,27)2)23-11-10-22(45)20-26(23)29(46)25(28)8-5-4-6-16-44(3)17-7-18-47-19-15-31(35,36)32(37,38)33(39,40)34(41,42)43/h10-11,20,24-25,27-29,45-46H,1,4-9,12-19H2,2-3H3/t24?,25?,27?,28?,29-,30+/m0/s1. The van der Waals surface area contributed by atoms with Crippen LogP contribution in [0.25, 0.3) is 0 Å². The largest absolute Gasteiger partial charge is 0.508 e. The molecule has 4 unspecified atom stereocenters. The lowest BCUT2D eigenvalue weighted by atomic mass is 9.51. The Morgan fingerprint density at radius 1 is 0.915 bits per heavy atom. The number of aliphatic hydroxyl groups excluding tert-OH is 1. The molecule has 1 aromatic rings. The Balaban J connectivity index is 1.20. The second-order valence-corrected chi connectivity index (χ2v) is 15.3. The van der Waals surface area contributed by atoms with Crippen LogP contribution in [0.3, 0.4) is 0 Å². The Morgan fingerprint density at radius 2 is 1.60 bits per heavy atom. The number of unbranched alkanes of at least 4 members (excludes halogenated alkanes) is 2. The highest BCUT2D eigenvalue weighted by molar-refractivity contribution is 7.99. The van der Waals surface area contributed by atoms with Gasteiger partial charge in [0, 0.05) is 6.42 Å². The fourth-order valence-electron chi connectivity index (χ4n) is 8.36. The van der Waals surface area contributed by atoms with Crippen molar-refractivity contribution in [3.8, 4) is 5.75 Å². The molecule has 47 heavy (non-hydrogen) atoms. The van der Waals surface area contributed by atoms with Crippen molar-refractivity contribution in [2.75, 3.05) is 31.6 Å². The van der Waals surface area contributed by atoms with Gasteiger partial charge in [0.05, 0.1) is 6.10 Å². The fourth-order valence-corrected chi connectivity index (χ4v) is 9.30. The molecule has 0 saturated heterocycles. The number of aromatic hydroxyl groups is 1. The summed E-state index contributed by atoms with van der Waals surface area (Å²) in [6.45, 7) is 8.06. The molecule has 6 atom stereocenters. The van der Waals surface area contributed by atoms with E-state index >= 15 is 0 Å². The third-order valence-corrected chi connectivity index (χ3v) is 12.2. The molecular formula is C34H46F9NO2S. The third-order valence-electron chi connectivity index (χ3n) is 11.2. The minimum absolute atomic E-state index is 0.0756. The van der Waals surface area contributed by atoms with Crippen LogP contribution in [-0.4, -0.2) is 70.7 Å². The molecule has 3 aliphatic rings. The number of hydrogen-bond acceptors (Lipinski definition) is 4. The Labute approximate surface area is 275 Å². The predicted molar refractivity (Wildman–Crippen MR) is 165 cm³/mol. The summed E-state index contributed by atoms with van der Waals surface area (Å²) >= 11 is 0.805. The summed E-state index contributed by atoms with van der Waals surface area (Å²) in [5, 5.41) is 21.8. The zero-order chi connectivity index (χ0) is 35.0. The molecule has 268 valence electrons. The molecule has 3 aliphatic carbocycles. The maximum Gasteiger partial charge on any atom is 0.460 e. The van der Waals surface area contributed by atoms with E-state index in [1.807, 2.05) is 18.0 Å². The highest BCUT2D eigenvalue weighted by Gasteiger charge is 2.81. The van der Waals surface area contributed by atoms with Crippen molar-refractivity contribution in [1.82, 2.24) is 4.90 Å². The van der Waals surface area contributed by atoms with E-state index in [1.54, 1.807) is 12.1 Å². The van der Waals surface area contributed by atoms with E-state index in [9.17, 15) is 49.7 Å². The molecule has 13 heteroatoms. The van der Waals surface area contributed by atoms with E-state index in [1.165, 1.54) is 5.57 Å². The summed E-state index contributed by atoms with van der Waals surface area (Å²) in [5.41, 5.74) is 3.40. The van der Waals surface area contributed by atoms with Gasteiger partial charge in [0.1, 0.15) is 5.75 Å². The van der Waals surface area contributed by atoms with Gasteiger partial charge >= 0.3 is 23.9 Å². The van der Waals surface area contributed by atoms with Crippen LogP contribution in [0.15, 0.2) is 30.4 Å². The molecular weight excluding hydrogens is 657 g/mol.